The first-order valence-corrected chi connectivity index (χ1v) is 6.56. The lowest BCUT2D eigenvalue weighted by Crippen LogP contribution is -2.57. The Morgan fingerprint density at radius 1 is 1.50 bits per heavy atom. The van der Waals surface area contributed by atoms with Crippen molar-refractivity contribution >= 4 is 19.7 Å². The van der Waals surface area contributed by atoms with E-state index in [0.717, 1.165) is 7.11 Å². The van der Waals surface area contributed by atoms with Crippen LogP contribution in [0.2, 0.25) is 0 Å². The van der Waals surface area contributed by atoms with Crippen molar-refractivity contribution in [1.29, 1.82) is 0 Å². The quantitative estimate of drug-likeness (QED) is 0.712. The molecule has 0 aromatic carbocycles. The van der Waals surface area contributed by atoms with Crippen molar-refractivity contribution in [3.63, 3.8) is 0 Å². The second-order valence-corrected chi connectivity index (χ2v) is 6.22. The molecule has 7 heteroatoms. The van der Waals surface area contributed by atoms with Crippen LogP contribution >= 0.6 is 10.7 Å². The molecule has 0 atom stereocenters. The van der Waals surface area contributed by atoms with Gasteiger partial charge in [-0.2, -0.15) is 0 Å². The maximum absolute atomic E-state index is 13.4. The van der Waals surface area contributed by atoms with E-state index < -0.39 is 26.3 Å². The van der Waals surface area contributed by atoms with Crippen molar-refractivity contribution in [2.45, 2.75) is 30.8 Å². The van der Waals surface area contributed by atoms with Crippen LogP contribution < -0.4 is 0 Å². The van der Waals surface area contributed by atoms with Crippen molar-refractivity contribution in [2.24, 2.45) is 0 Å². The monoisotopic (exact) mass is 248 g/mol. The lowest BCUT2D eigenvalue weighted by Gasteiger charge is -2.45. The molecule has 0 amide bonds. The fourth-order valence-electron chi connectivity index (χ4n) is 1.57. The molecule has 84 valence electrons. The molecule has 0 spiro atoms. The van der Waals surface area contributed by atoms with Gasteiger partial charge in [0.05, 0.1) is 0 Å². The number of ether oxygens (including phenoxy) is 1. The van der Waals surface area contributed by atoms with Gasteiger partial charge in [0, 0.05) is 17.8 Å². The summed E-state index contributed by atoms with van der Waals surface area (Å²) in [5.41, 5.74) is -1.63. The first-order chi connectivity index (χ1) is 6.22. The van der Waals surface area contributed by atoms with Crippen LogP contribution in [0.3, 0.4) is 0 Å². The first-order valence-electron chi connectivity index (χ1n) is 4.08. The molecule has 0 saturated heterocycles. The van der Waals surface area contributed by atoms with Crippen LogP contribution in [0.15, 0.2) is 0 Å². The van der Waals surface area contributed by atoms with E-state index in [2.05, 4.69) is 0 Å². The van der Waals surface area contributed by atoms with Gasteiger partial charge in [0.25, 0.3) is 5.92 Å². The van der Waals surface area contributed by atoms with Gasteiger partial charge in [-0.15, -0.1) is 0 Å². The Labute approximate surface area is 85.8 Å². The summed E-state index contributed by atoms with van der Waals surface area (Å²) in [4.78, 5) is 0. The smallest absolute Gasteiger partial charge is 0.291 e. The van der Waals surface area contributed by atoms with E-state index in [-0.39, 0.29) is 12.8 Å². The Kier molecular flexibility index (Phi) is 3.10. The average Bonchev–Trinajstić information content (AvgIpc) is 1.77. The van der Waals surface area contributed by atoms with E-state index in [1.165, 1.54) is 0 Å². The summed E-state index contributed by atoms with van der Waals surface area (Å²) < 4.78 is 52.7. The maximum atomic E-state index is 13.4. The molecule has 0 heterocycles. The third-order valence-corrected chi connectivity index (χ3v) is 3.61. The second kappa shape index (κ2) is 3.57. The highest BCUT2D eigenvalue weighted by Crippen LogP contribution is 2.47. The molecule has 1 fully saturated rings. The molecule has 0 radical (unpaired) electrons. The topological polar surface area (TPSA) is 43.4 Å². The van der Waals surface area contributed by atoms with Crippen LogP contribution in [-0.2, 0) is 13.8 Å². The highest BCUT2D eigenvalue weighted by atomic mass is 35.7. The zero-order valence-corrected chi connectivity index (χ0v) is 9.17. The number of rotatable bonds is 4. The third-order valence-electron chi connectivity index (χ3n) is 2.57. The van der Waals surface area contributed by atoms with Crippen LogP contribution in [-0.4, -0.2) is 32.8 Å². The lowest BCUT2D eigenvalue weighted by molar-refractivity contribution is -0.220. The van der Waals surface area contributed by atoms with Crippen LogP contribution in [0, 0.1) is 0 Å². The Hall–Kier alpha value is 0.0600. The number of alkyl halides is 2. The molecular weight excluding hydrogens is 238 g/mol. The van der Waals surface area contributed by atoms with E-state index in [0.29, 0.717) is 6.42 Å². The zero-order chi connectivity index (χ0) is 11.0. The van der Waals surface area contributed by atoms with Gasteiger partial charge in [0.1, 0.15) is 11.4 Å². The Morgan fingerprint density at radius 2 is 2.00 bits per heavy atom. The highest BCUT2D eigenvalue weighted by Gasteiger charge is 2.59. The first kappa shape index (κ1) is 12.1. The molecule has 1 aliphatic carbocycles. The number of halogens is 3. The van der Waals surface area contributed by atoms with Gasteiger partial charge in [0.2, 0.25) is 9.05 Å². The van der Waals surface area contributed by atoms with Gasteiger partial charge in [-0.1, -0.05) is 0 Å². The molecule has 14 heavy (non-hydrogen) atoms. The average molecular weight is 249 g/mol. The van der Waals surface area contributed by atoms with Crippen LogP contribution in [0.25, 0.3) is 0 Å². The molecule has 0 bridgehead atoms. The summed E-state index contributed by atoms with van der Waals surface area (Å²) in [5, 5.41) is 0. The predicted octanol–water partition coefficient (Wildman–Crippen LogP) is 1.76. The van der Waals surface area contributed by atoms with Crippen molar-refractivity contribution in [2.75, 3.05) is 12.9 Å². The molecular formula is C7H11ClF2O3S. The Morgan fingerprint density at radius 3 is 2.21 bits per heavy atom. The van der Waals surface area contributed by atoms with E-state index in [1.807, 2.05) is 0 Å². The molecule has 0 aromatic rings. The molecule has 0 N–H and O–H groups in total. The SMILES string of the molecule is COC1(C(F)(F)CS(=O)(=O)Cl)CCC1. The minimum absolute atomic E-state index is 0.170. The van der Waals surface area contributed by atoms with Gasteiger partial charge < -0.3 is 4.74 Å². The predicted molar refractivity (Wildman–Crippen MR) is 48.2 cm³/mol. The van der Waals surface area contributed by atoms with Gasteiger partial charge in [0.15, 0.2) is 0 Å². The summed E-state index contributed by atoms with van der Waals surface area (Å²) in [7, 11) is 1.75. The molecule has 0 aliphatic heterocycles. The number of methoxy groups -OCH3 is 1. The van der Waals surface area contributed by atoms with Gasteiger partial charge in [-0.3, -0.25) is 0 Å². The summed E-state index contributed by atoms with van der Waals surface area (Å²) in [6, 6.07) is 0. The molecule has 1 saturated carbocycles. The normalized spacial score (nSPS) is 21.7. The van der Waals surface area contributed by atoms with E-state index in [1.54, 1.807) is 0 Å². The number of hydrogen-bond donors (Lipinski definition) is 0. The third kappa shape index (κ3) is 2.17. The molecule has 0 unspecified atom stereocenters. The maximum Gasteiger partial charge on any atom is 0.291 e. The van der Waals surface area contributed by atoms with Gasteiger partial charge >= 0.3 is 0 Å². The van der Waals surface area contributed by atoms with Crippen molar-refractivity contribution in [3.05, 3.63) is 0 Å². The van der Waals surface area contributed by atoms with Crippen molar-refractivity contribution < 1.29 is 21.9 Å². The van der Waals surface area contributed by atoms with Gasteiger partial charge in [-0.05, 0) is 19.3 Å². The minimum Gasteiger partial charge on any atom is -0.372 e. The minimum atomic E-state index is -4.21. The van der Waals surface area contributed by atoms with Crippen molar-refractivity contribution in [1.82, 2.24) is 0 Å². The van der Waals surface area contributed by atoms with E-state index >= 15 is 0 Å². The van der Waals surface area contributed by atoms with E-state index in [9.17, 15) is 17.2 Å². The van der Waals surface area contributed by atoms with Gasteiger partial charge in [-0.25, -0.2) is 17.2 Å². The largest absolute Gasteiger partial charge is 0.372 e. The summed E-state index contributed by atoms with van der Waals surface area (Å²) in [6.45, 7) is 0. The summed E-state index contributed by atoms with van der Waals surface area (Å²) in [5.74, 6) is -4.78. The fourth-order valence-corrected chi connectivity index (χ4v) is 2.67. The van der Waals surface area contributed by atoms with Crippen LogP contribution in [0.4, 0.5) is 8.78 Å². The standard InChI is InChI=1S/C7H11ClF2O3S/c1-13-6(3-2-4-6)7(9,10)5-14(8,11)12/h2-5H2,1H3. The Bertz CT molecular complexity index is 305. The molecule has 1 rings (SSSR count). The van der Waals surface area contributed by atoms with Crippen LogP contribution in [0.5, 0.6) is 0 Å². The zero-order valence-electron chi connectivity index (χ0n) is 7.60. The summed E-state index contributed by atoms with van der Waals surface area (Å²) >= 11 is 0. The fraction of sp³-hybridized carbons (Fsp3) is 1.00. The summed E-state index contributed by atoms with van der Waals surface area (Å²) in [6.07, 6.45) is 0.956. The van der Waals surface area contributed by atoms with Crippen LogP contribution in [0.1, 0.15) is 19.3 Å². The molecule has 1 aliphatic rings. The van der Waals surface area contributed by atoms with E-state index in [4.69, 9.17) is 15.4 Å². The number of hydrogen-bond acceptors (Lipinski definition) is 3. The van der Waals surface area contributed by atoms with Crippen molar-refractivity contribution in [3.8, 4) is 0 Å². The lowest BCUT2D eigenvalue weighted by atomic mass is 9.75. The molecule has 0 aromatic heterocycles. The highest BCUT2D eigenvalue weighted by molar-refractivity contribution is 8.13. The molecule has 3 nitrogen and oxygen atoms in total. The second-order valence-electron chi connectivity index (χ2n) is 3.44. The Balaban J connectivity index is 2.83.